The lowest BCUT2D eigenvalue weighted by Gasteiger charge is -2.44. The standard InChI is InChI=1S/C74H70B2N2O2/c1-43-19-17-20-44(2)67(43)47-35-61-69-65(37-47)79-63-42-64-58(41-57(63)75(69)55-23-13-15-25-59(55)77(61)49-27-29-51-53(39-49)73(9,10)33-31-71(51,5)6)76-56-24-14-16-26-60(56)78(50-28-30-52-54(40-50)74(11,12)34-32-72(52,7)8)62-36-48(38-66(80-64)70(62)76)68-45(3)21-18-22-46(68)4/h13-30,35-42H,31-34H2,1-12H3. The van der Waals surface area contributed by atoms with Crippen LogP contribution in [0.5, 0.6) is 23.0 Å². The summed E-state index contributed by atoms with van der Waals surface area (Å²) in [6.07, 6.45) is 4.65. The van der Waals surface area contributed by atoms with Crippen LogP contribution in [0.3, 0.4) is 0 Å². The lowest BCUT2D eigenvalue weighted by atomic mass is 9.31. The maximum atomic E-state index is 7.51. The minimum atomic E-state index is -0.104. The number of hydrogen-bond acceptors (Lipinski definition) is 4. The van der Waals surface area contributed by atoms with E-state index in [1.165, 1.54) is 124 Å². The Labute approximate surface area is 475 Å². The van der Waals surface area contributed by atoms with Crippen LogP contribution in [-0.2, 0) is 21.7 Å². The third-order valence-electron chi connectivity index (χ3n) is 20.2. The molecule has 0 atom stereocenters. The van der Waals surface area contributed by atoms with Gasteiger partial charge in [0.25, 0.3) is 13.4 Å². The number of fused-ring (bicyclic) bond motifs is 10. The number of nitrogens with zero attached hydrogens (tertiary/aromatic N) is 2. The van der Waals surface area contributed by atoms with E-state index in [0.29, 0.717) is 0 Å². The van der Waals surface area contributed by atoms with Crippen LogP contribution in [-0.4, -0.2) is 13.4 Å². The van der Waals surface area contributed by atoms with E-state index in [4.69, 9.17) is 9.47 Å². The summed E-state index contributed by atoms with van der Waals surface area (Å²) in [5, 5.41) is 0. The summed E-state index contributed by atoms with van der Waals surface area (Å²) in [7, 11) is 0. The summed E-state index contributed by atoms with van der Waals surface area (Å²) < 4.78 is 15.0. The average molecular weight is 1040 g/mol. The lowest BCUT2D eigenvalue weighted by molar-refractivity contribution is 0.332. The molecule has 0 saturated heterocycles. The minimum Gasteiger partial charge on any atom is -0.458 e. The van der Waals surface area contributed by atoms with Gasteiger partial charge < -0.3 is 19.3 Å². The van der Waals surface area contributed by atoms with Crippen molar-refractivity contribution in [3.05, 3.63) is 202 Å². The Balaban J connectivity index is 0.961. The number of aryl methyl sites for hydroxylation is 4. The molecule has 0 spiro atoms. The van der Waals surface area contributed by atoms with Gasteiger partial charge in [0.2, 0.25) is 0 Å². The van der Waals surface area contributed by atoms with Crippen LogP contribution in [0, 0.1) is 27.7 Å². The van der Waals surface area contributed by atoms with Crippen molar-refractivity contribution in [2.45, 2.75) is 130 Å². The summed E-state index contributed by atoms with van der Waals surface area (Å²) >= 11 is 0. The molecule has 6 heteroatoms. The predicted molar refractivity (Wildman–Crippen MR) is 339 cm³/mol. The molecule has 80 heavy (non-hydrogen) atoms. The molecular formula is C74H70B2N2O2. The van der Waals surface area contributed by atoms with Gasteiger partial charge in [0.1, 0.15) is 23.0 Å². The van der Waals surface area contributed by atoms with Crippen molar-refractivity contribution < 1.29 is 9.47 Å². The number of hydrogen-bond donors (Lipinski definition) is 0. The molecule has 394 valence electrons. The zero-order valence-electron chi connectivity index (χ0n) is 48.7. The first-order chi connectivity index (χ1) is 38.3. The maximum absolute atomic E-state index is 7.51. The molecule has 0 saturated carbocycles. The van der Waals surface area contributed by atoms with Gasteiger partial charge in [-0.2, -0.15) is 0 Å². The van der Waals surface area contributed by atoms with Crippen LogP contribution in [0.1, 0.15) is 126 Å². The van der Waals surface area contributed by atoms with E-state index in [9.17, 15) is 0 Å². The van der Waals surface area contributed by atoms with E-state index in [1.54, 1.807) is 0 Å². The van der Waals surface area contributed by atoms with E-state index in [0.717, 1.165) is 57.9 Å². The number of para-hydroxylation sites is 2. The molecule has 0 aromatic heterocycles. The van der Waals surface area contributed by atoms with Crippen molar-refractivity contribution in [1.82, 2.24) is 0 Å². The topological polar surface area (TPSA) is 24.9 Å². The Morgan fingerprint density at radius 3 is 1.11 bits per heavy atom. The quantitative estimate of drug-likeness (QED) is 0.164. The van der Waals surface area contributed by atoms with Crippen molar-refractivity contribution in [2.75, 3.05) is 9.80 Å². The molecule has 4 aliphatic heterocycles. The number of benzene rings is 9. The van der Waals surface area contributed by atoms with Crippen LogP contribution in [0.25, 0.3) is 22.3 Å². The van der Waals surface area contributed by atoms with E-state index in [2.05, 4.69) is 251 Å². The molecule has 9 aromatic carbocycles. The van der Waals surface area contributed by atoms with Crippen molar-refractivity contribution in [3.63, 3.8) is 0 Å². The van der Waals surface area contributed by atoms with Gasteiger partial charge >= 0.3 is 0 Å². The summed E-state index contributed by atoms with van der Waals surface area (Å²) in [6, 6.07) is 60.6. The van der Waals surface area contributed by atoms with Crippen LogP contribution in [0.2, 0.25) is 0 Å². The van der Waals surface area contributed by atoms with Crippen molar-refractivity contribution in [2.24, 2.45) is 0 Å². The summed E-state index contributed by atoms with van der Waals surface area (Å²) in [6.45, 7) is 28.2. The third kappa shape index (κ3) is 7.09. The highest BCUT2D eigenvalue weighted by atomic mass is 16.5. The molecule has 0 amide bonds. The minimum absolute atomic E-state index is 0.0460. The molecule has 0 bridgehead atoms. The fourth-order valence-electron chi connectivity index (χ4n) is 15.7. The summed E-state index contributed by atoms with van der Waals surface area (Å²) in [5.41, 5.74) is 30.3. The summed E-state index contributed by atoms with van der Waals surface area (Å²) in [4.78, 5) is 5.11. The molecule has 0 unspecified atom stereocenters. The first kappa shape index (κ1) is 49.4. The summed E-state index contributed by atoms with van der Waals surface area (Å²) in [5.74, 6) is 3.46. The Hall–Kier alpha value is -7.69. The highest BCUT2D eigenvalue weighted by molar-refractivity contribution is 7.02. The van der Waals surface area contributed by atoms with E-state index >= 15 is 0 Å². The van der Waals surface area contributed by atoms with Crippen LogP contribution in [0.4, 0.5) is 34.1 Å². The largest absolute Gasteiger partial charge is 0.458 e. The predicted octanol–water partition coefficient (Wildman–Crippen LogP) is 15.8. The second-order valence-electron chi connectivity index (χ2n) is 27.1. The lowest BCUT2D eigenvalue weighted by Crippen LogP contribution is -2.63. The van der Waals surface area contributed by atoms with Gasteiger partial charge in [-0.3, -0.25) is 0 Å². The van der Waals surface area contributed by atoms with Crippen LogP contribution < -0.4 is 52.1 Å². The molecule has 4 heterocycles. The Morgan fingerprint density at radius 2 is 0.713 bits per heavy atom. The van der Waals surface area contributed by atoms with E-state index < -0.39 is 0 Å². The third-order valence-corrected chi connectivity index (χ3v) is 20.2. The van der Waals surface area contributed by atoms with Crippen molar-refractivity contribution in [3.8, 4) is 45.3 Å². The molecule has 6 aliphatic rings. The van der Waals surface area contributed by atoms with Gasteiger partial charge in [-0.05, 0) is 235 Å². The second-order valence-corrected chi connectivity index (χ2v) is 27.1. The van der Waals surface area contributed by atoms with Gasteiger partial charge in [-0.1, -0.05) is 146 Å². The molecule has 0 fully saturated rings. The van der Waals surface area contributed by atoms with Crippen molar-refractivity contribution in [1.29, 1.82) is 0 Å². The van der Waals surface area contributed by atoms with E-state index in [1.807, 2.05) is 0 Å². The Morgan fingerprint density at radius 1 is 0.338 bits per heavy atom. The first-order valence-corrected chi connectivity index (χ1v) is 29.4. The smallest absolute Gasteiger partial charge is 0.256 e. The van der Waals surface area contributed by atoms with Crippen molar-refractivity contribution >= 4 is 80.3 Å². The average Bonchev–Trinajstić information content (AvgIpc) is 1.72. The van der Waals surface area contributed by atoms with Gasteiger partial charge in [-0.15, -0.1) is 0 Å². The highest BCUT2D eigenvalue weighted by Gasteiger charge is 2.48. The maximum Gasteiger partial charge on any atom is 0.256 e. The van der Waals surface area contributed by atoms with Gasteiger partial charge in [-0.25, -0.2) is 0 Å². The zero-order valence-corrected chi connectivity index (χ0v) is 48.7. The molecule has 15 rings (SSSR count). The fraction of sp³-hybridized carbons (Fsp3) is 0.270. The molecule has 2 aliphatic carbocycles. The molecular weight excluding hydrogens is 970 g/mol. The SMILES string of the molecule is Cc1cccc(C)c1-c1cc2c3c(c1)N(c1ccc4c(c1)C(C)(C)CCC4(C)C)c1ccccc1B3c1cc3c(cc1O2)Oc1cc(-c2c(C)cccc2C)cc2c1B3c1ccccc1N2c1ccc2c(c1)C(C)(C)CCC2(C)C. The molecule has 4 nitrogen and oxygen atoms in total. The van der Waals surface area contributed by atoms with Crippen LogP contribution >= 0.6 is 0 Å². The number of ether oxygens (including phenoxy) is 2. The first-order valence-electron chi connectivity index (χ1n) is 29.4. The normalized spacial score (nSPS) is 17.6. The molecule has 9 aromatic rings. The van der Waals surface area contributed by atoms with Crippen LogP contribution in [0.15, 0.2) is 158 Å². The molecule has 0 radical (unpaired) electrons. The Bertz CT molecular complexity index is 3880. The van der Waals surface area contributed by atoms with Gasteiger partial charge in [0.15, 0.2) is 0 Å². The monoisotopic (exact) mass is 1040 g/mol. The zero-order chi connectivity index (χ0) is 55.1. The van der Waals surface area contributed by atoms with Gasteiger partial charge in [0, 0.05) is 40.2 Å². The fourth-order valence-corrected chi connectivity index (χ4v) is 15.7. The highest BCUT2D eigenvalue weighted by Crippen LogP contribution is 2.53. The Kier molecular flexibility index (Phi) is 10.4. The van der Waals surface area contributed by atoms with E-state index in [-0.39, 0.29) is 35.1 Å². The second kappa shape index (κ2) is 16.9. The number of anilines is 6. The molecule has 0 N–H and O–H groups in total. The number of rotatable bonds is 4. The van der Waals surface area contributed by atoms with Gasteiger partial charge in [0.05, 0.1) is 0 Å².